The smallest absolute Gasteiger partial charge is 0.248 e. The van der Waals surface area contributed by atoms with E-state index in [0.29, 0.717) is 13.0 Å². The molecule has 18 heavy (non-hydrogen) atoms. The molecule has 2 rings (SSSR count). The number of carbonyl (C=O) groups excluding carboxylic acids is 1. The summed E-state index contributed by atoms with van der Waals surface area (Å²) in [6.45, 7) is 1.32. The van der Waals surface area contributed by atoms with Gasteiger partial charge in [-0.3, -0.25) is 4.79 Å². The van der Waals surface area contributed by atoms with Gasteiger partial charge in [0.05, 0.1) is 10.1 Å². The number of primary amides is 1. The number of carbonyl (C=O) groups is 1. The summed E-state index contributed by atoms with van der Waals surface area (Å²) in [4.78, 5) is 11.2. The van der Waals surface area contributed by atoms with Gasteiger partial charge in [-0.2, -0.15) is 0 Å². The molecule has 0 aliphatic carbocycles. The Bertz CT molecular complexity index is 548. The number of hydrogen-bond donors (Lipinski definition) is 2. The van der Waals surface area contributed by atoms with Gasteiger partial charge >= 0.3 is 0 Å². The summed E-state index contributed by atoms with van der Waals surface area (Å²) in [5.74, 6) is -0.617. The van der Waals surface area contributed by atoms with Gasteiger partial charge in [0.2, 0.25) is 5.91 Å². The minimum Gasteiger partial charge on any atom is -0.366 e. The third-order valence-corrected chi connectivity index (χ3v) is 5.33. The molecule has 1 heterocycles. The monoisotopic (exact) mass is 268 g/mol. The van der Waals surface area contributed by atoms with Crippen LogP contribution in [0.2, 0.25) is 0 Å². The maximum Gasteiger partial charge on any atom is 0.248 e. The molecule has 0 saturated carbocycles. The van der Waals surface area contributed by atoms with E-state index in [1.807, 2.05) is 0 Å². The van der Waals surface area contributed by atoms with Crippen LogP contribution < -0.4 is 11.1 Å². The van der Waals surface area contributed by atoms with Gasteiger partial charge in [0.15, 0.2) is 9.84 Å². The molecule has 0 spiro atoms. The Kier molecular flexibility index (Phi) is 3.68. The van der Waals surface area contributed by atoms with Crippen LogP contribution in [0.4, 0.5) is 0 Å². The van der Waals surface area contributed by atoms with Crippen molar-refractivity contribution >= 4 is 15.7 Å². The van der Waals surface area contributed by atoms with E-state index in [0.717, 1.165) is 13.0 Å². The van der Waals surface area contributed by atoms with Gasteiger partial charge < -0.3 is 11.1 Å². The molecule has 98 valence electrons. The molecule has 1 saturated heterocycles. The topological polar surface area (TPSA) is 89.3 Å². The Hall–Kier alpha value is -1.40. The molecule has 1 atom stereocenters. The van der Waals surface area contributed by atoms with Crippen LogP contribution in [0, 0.1) is 0 Å². The summed E-state index contributed by atoms with van der Waals surface area (Å²) in [7, 11) is -3.39. The molecule has 1 aliphatic heterocycles. The molecule has 0 radical (unpaired) electrons. The molecule has 1 unspecified atom stereocenters. The molecule has 1 aromatic rings. The fourth-order valence-corrected chi connectivity index (χ4v) is 3.86. The first-order valence-corrected chi connectivity index (χ1v) is 7.41. The first-order valence-electron chi connectivity index (χ1n) is 5.86. The summed E-state index contributed by atoms with van der Waals surface area (Å²) in [5.41, 5.74) is 5.38. The van der Waals surface area contributed by atoms with Crippen LogP contribution in [-0.4, -0.2) is 32.7 Å². The van der Waals surface area contributed by atoms with Gasteiger partial charge in [0.25, 0.3) is 0 Å². The summed E-state index contributed by atoms with van der Waals surface area (Å²) in [6, 6.07) is 5.92. The highest BCUT2D eigenvalue weighted by atomic mass is 32.2. The molecule has 0 bridgehead atoms. The van der Waals surface area contributed by atoms with Crippen LogP contribution in [0.15, 0.2) is 29.2 Å². The second-order valence-corrected chi connectivity index (χ2v) is 6.63. The van der Waals surface area contributed by atoms with E-state index < -0.39 is 21.0 Å². The van der Waals surface area contributed by atoms with Crippen molar-refractivity contribution in [3.05, 3.63) is 29.8 Å². The minimum absolute atomic E-state index is 0.174. The Labute approximate surface area is 106 Å². The second kappa shape index (κ2) is 5.07. The zero-order chi connectivity index (χ0) is 13.2. The summed E-state index contributed by atoms with van der Waals surface area (Å²) in [5, 5.41) is 2.66. The fraction of sp³-hybridized carbons (Fsp3) is 0.417. The second-order valence-electron chi connectivity index (χ2n) is 4.41. The summed E-state index contributed by atoms with van der Waals surface area (Å²) >= 11 is 0. The maximum absolute atomic E-state index is 12.4. The van der Waals surface area contributed by atoms with E-state index >= 15 is 0 Å². The Morgan fingerprint density at radius 1 is 1.39 bits per heavy atom. The lowest BCUT2D eigenvalue weighted by Crippen LogP contribution is -2.38. The lowest BCUT2D eigenvalue weighted by atomic mass is 10.2. The minimum atomic E-state index is -3.39. The number of piperidine rings is 1. The number of nitrogens with one attached hydrogen (secondary N) is 1. The fourth-order valence-electron chi connectivity index (χ4n) is 2.10. The molecule has 1 aromatic carbocycles. The molecule has 1 aliphatic rings. The van der Waals surface area contributed by atoms with Crippen LogP contribution >= 0.6 is 0 Å². The molecule has 1 fully saturated rings. The zero-order valence-corrected chi connectivity index (χ0v) is 10.7. The van der Waals surface area contributed by atoms with Gasteiger partial charge in [-0.05, 0) is 37.6 Å². The predicted molar refractivity (Wildman–Crippen MR) is 68.0 cm³/mol. The number of sulfone groups is 1. The van der Waals surface area contributed by atoms with Crippen molar-refractivity contribution in [1.29, 1.82) is 0 Å². The van der Waals surface area contributed by atoms with Crippen molar-refractivity contribution in [3.63, 3.8) is 0 Å². The van der Waals surface area contributed by atoms with E-state index in [2.05, 4.69) is 5.32 Å². The van der Waals surface area contributed by atoms with Crippen LogP contribution in [-0.2, 0) is 9.84 Å². The molecule has 1 amide bonds. The van der Waals surface area contributed by atoms with E-state index in [1.165, 1.54) is 18.2 Å². The average molecular weight is 268 g/mol. The Balaban J connectivity index is 2.34. The third kappa shape index (κ3) is 2.54. The Morgan fingerprint density at radius 2 is 2.17 bits per heavy atom. The largest absolute Gasteiger partial charge is 0.366 e. The Morgan fingerprint density at radius 3 is 2.78 bits per heavy atom. The molecule has 6 heteroatoms. The van der Waals surface area contributed by atoms with Crippen LogP contribution in [0.5, 0.6) is 0 Å². The highest BCUT2D eigenvalue weighted by Gasteiger charge is 2.29. The van der Waals surface area contributed by atoms with Crippen molar-refractivity contribution in [2.24, 2.45) is 5.73 Å². The maximum atomic E-state index is 12.4. The van der Waals surface area contributed by atoms with Crippen LogP contribution in [0.3, 0.4) is 0 Å². The SMILES string of the molecule is NC(=O)c1cccc(S(=O)(=O)C2CCCNC2)c1. The number of hydrogen-bond acceptors (Lipinski definition) is 4. The van der Waals surface area contributed by atoms with Crippen molar-refractivity contribution < 1.29 is 13.2 Å². The average Bonchev–Trinajstić information content (AvgIpc) is 2.40. The van der Waals surface area contributed by atoms with E-state index in [9.17, 15) is 13.2 Å². The van der Waals surface area contributed by atoms with Crippen molar-refractivity contribution in [3.8, 4) is 0 Å². The molecule has 5 nitrogen and oxygen atoms in total. The van der Waals surface area contributed by atoms with Crippen molar-refractivity contribution in [2.75, 3.05) is 13.1 Å². The standard InChI is InChI=1S/C12H16N2O3S/c13-12(15)9-3-1-4-10(7-9)18(16,17)11-5-2-6-14-8-11/h1,3-4,7,11,14H,2,5-6,8H2,(H2,13,15). The number of nitrogens with two attached hydrogens (primary N) is 1. The zero-order valence-electron chi connectivity index (χ0n) is 9.93. The molecule has 3 N–H and O–H groups in total. The van der Waals surface area contributed by atoms with Crippen LogP contribution in [0.25, 0.3) is 0 Å². The van der Waals surface area contributed by atoms with E-state index in [4.69, 9.17) is 5.73 Å². The van der Waals surface area contributed by atoms with Gasteiger partial charge in [-0.25, -0.2) is 8.42 Å². The first-order chi connectivity index (χ1) is 8.51. The highest BCUT2D eigenvalue weighted by Crippen LogP contribution is 2.21. The lowest BCUT2D eigenvalue weighted by molar-refractivity contribution is 0.1000. The molecular formula is C12H16N2O3S. The normalized spacial score (nSPS) is 20.6. The highest BCUT2D eigenvalue weighted by molar-refractivity contribution is 7.92. The van der Waals surface area contributed by atoms with Gasteiger partial charge in [0, 0.05) is 12.1 Å². The van der Waals surface area contributed by atoms with Crippen LogP contribution in [0.1, 0.15) is 23.2 Å². The van der Waals surface area contributed by atoms with Gasteiger partial charge in [-0.1, -0.05) is 6.07 Å². The van der Waals surface area contributed by atoms with Crippen molar-refractivity contribution in [1.82, 2.24) is 5.32 Å². The van der Waals surface area contributed by atoms with Gasteiger partial charge in [-0.15, -0.1) is 0 Å². The summed E-state index contributed by atoms with van der Waals surface area (Å²) in [6.07, 6.45) is 1.50. The number of benzene rings is 1. The quantitative estimate of drug-likeness (QED) is 0.825. The lowest BCUT2D eigenvalue weighted by Gasteiger charge is -2.22. The number of rotatable bonds is 3. The van der Waals surface area contributed by atoms with Gasteiger partial charge in [0.1, 0.15) is 0 Å². The first kappa shape index (κ1) is 13.0. The number of amides is 1. The molecule has 0 aromatic heterocycles. The molecular weight excluding hydrogens is 252 g/mol. The predicted octanol–water partition coefficient (Wildman–Crippen LogP) is 0.311. The third-order valence-electron chi connectivity index (χ3n) is 3.14. The van der Waals surface area contributed by atoms with Crippen molar-refractivity contribution in [2.45, 2.75) is 23.0 Å². The summed E-state index contributed by atoms with van der Waals surface area (Å²) < 4.78 is 24.7. The van der Waals surface area contributed by atoms with E-state index in [-0.39, 0.29) is 10.5 Å². The van der Waals surface area contributed by atoms with E-state index in [1.54, 1.807) is 6.07 Å².